The van der Waals surface area contributed by atoms with E-state index in [0.29, 0.717) is 11.9 Å². The first kappa shape index (κ1) is 12.0. The molecule has 0 aliphatic carbocycles. The number of carbonyl (C=O) groups excluding carboxylic acids is 1. The Balaban J connectivity index is 2.72. The maximum atomic E-state index is 11.6. The molecule has 3 nitrogen and oxygen atoms in total. The van der Waals surface area contributed by atoms with Gasteiger partial charge in [-0.05, 0) is 31.0 Å². The Morgan fingerprint density at radius 3 is 2.20 bits per heavy atom. The van der Waals surface area contributed by atoms with Gasteiger partial charge in [-0.2, -0.15) is 0 Å². The summed E-state index contributed by atoms with van der Waals surface area (Å²) in [5.74, 6) is 0.188. The summed E-state index contributed by atoms with van der Waals surface area (Å²) < 4.78 is 16.5. The SMILES string of the molecule is CC(=O)Oc1ccc(CP(C)(C)=O)cc1. The van der Waals surface area contributed by atoms with E-state index in [1.807, 2.05) is 12.1 Å². The number of benzene rings is 1. The lowest BCUT2D eigenvalue weighted by atomic mass is 10.2. The third-order valence-corrected chi connectivity index (χ3v) is 2.87. The van der Waals surface area contributed by atoms with Gasteiger partial charge in [0, 0.05) is 13.1 Å². The van der Waals surface area contributed by atoms with Gasteiger partial charge in [-0.1, -0.05) is 12.1 Å². The molecule has 0 heterocycles. The van der Waals surface area contributed by atoms with Crippen LogP contribution in [0.25, 0.3) is 0 Å². The molecule has 0 saturated carbocycles. The summed E-state index contributed by atoms with van der Waals surface area (Å²) >= 11 is 0. The van der Waals surface area contributed by atoms with E-state index >= 15 is 0 Å². The van der Waals surface area contributed by atoms with Gasteiger partial charge in [0.2, 0.25) is 0 Å². The highest BCUT2D eigenvalue weighted by molar-refractivity contribution is 7.61. The molecule has 0 unspecified atom stereocenters. The molecule has 0 aliphatic rings. The zero-order valence-electron chi connectivity index (χ0n) is 9.19. The van der Waals surface area contributed by atoms with Crippen LogP contribution in [-0.4, -0.2) is 19.3 Å². The first-order valence-electron chi connectivity index (χ1n) is 4.68. The molecule has 0 N–H and O–H groups in total. The average Bonchev–Trinajstić information content (AvgIpc) is 2.05. The lowest BCUT2D eigenvalue weighted by Gasteiger charge is -2.07. The third kappa shape index (κ3) is 4.80. The number of hydrogen-bond donors (Lipinski definition) is 0. The van der Waals surface area contributed by atoms with Crippen LogP contribution >= 0.6 is 7.14 Å². The van der Waals surface area contributed by atoms with E-state index in [2.05, 4.69) is 0 Å². The maximum absolute atomic E-state index is 11.6. The highest BCUT2D eigenvalue weighted by Gasteiger charge is 2.08. The third-order valence-electron chi connectivity index (χ3n) is 1.75. The fraction of sp³-hybridized carbons (Fsp3) is 0.364. The zero-order valence-corrected chi connectivity index (χ0v) is 10.1. The van der Waals surface area contributed by atoms with Crippen molar-refractivity contribution in [2.45, 2.75) is 13.1 Å². The molecule has 0 atom stereocenters. The molecular formula is C11H15O3P. The van der Waals surface area contributed by atoms with Gasteiger partial charge >= 0.3 is 5.97 Å². The molecule has 15 heavy (non-hydrogen) atoms. The Morgan fingerprint density at radius 1 is 1.27 bits per heavy atom. The van der Waals surface area contributed by atoms with Crippen LogP contribution in [-0.2, 0) is 15.5 Å². The van der Waals surface area contributed by atoms with Gasteiger partial charge in [0.25, 0.3) is 0 Å². The second-order valence-corrected chi connectivity index (χ2v) is 7.43. The van der Waals surface area contributed by atoms with Crippen LogP contribution in [0.4, 0.5) is 0 Å². The Kier molecular flexibility index (Phi) is 3.70. The summed E-state index contributed by atoms with van der Waals surface area (Å²) in [5, 5.41) is 0. The molecule has 1 aromatic carbocycles. The molecule has 0 spiro atoms. The fourth-order valence-corrected chi connectivity index (χ4v) is 2.36. The van der Waals surface area contributed by atoms with E-state index in [9.17, 15) is 9.36 Å². The largest absolute Gasteiger partial charge is 0.427 e. The van der Waals surface area contributed by atoms with Gasteiger partial charge in [-0.15, -0.1) is 0 Å². The van der Waals surface area contributed by atoms with Crippen LogP contribution in [0.5, 0.6) is 5.75 Å². The normalized spacial score (nSPS) is 11.1. The van der Waals surface area contributed by atoms with Crippen LogP contribution in [0.3, 0.4) is 0 Å². The van der Waals surface area contributed by atoms with E-state index in [4.69, 9.17) is 4.74 Å². The van der Waals surface area contributed by atoms with Gasteiger partial charge in [0.1, 0.15) is 5.75 Å². The number of rotatable bonds is 3. The van der Waals surface area contributed by atoms with Crippen LogP contribution in [0.1, 0.15) is 12.5 Å². The summed E-state index contributed by atoms with van der Waals surface area (Å²) in [6.07, 6.45) is 0.577. The summed E-state index contributed by atoms with van der Waals surface area (Å²) in [6.45, 7) is 4.88. The lowest BCUT2D eigenvalue weighted by molar-refractivity contribution is -0.131. The molecule has 0 radical (unpaired) electrons. The van der Waals surface area contributed by atoms with Crippen molar-refractivity contribution in [3.8, 4) is 5.75 Å². The Labute approximate surface area is 89.8 Å². The summed E-state index contributed by atoms with van der Waals surface area (Å²) in [4.78, 5) is 10.7. The number of ether oxygens (including phenoxy) is 1. The smallest absolute Gasteiger partial charge is 0.308 e. The quantitative estimate of drug-likeness (QED) is 0.452. The molecule has 0 saturated heterocycles. The first-order valence-corrected chi connectivity index (χ1v) is 7.47. The molecule has 0 aromatic heterocycles. The molecule has 1 rings (SSSR count). The standard InChI is InChI=1S/C11H15O3P/c1-9(12)14-11-6-4-10(5-7-11)8-15(2,3)13/h4-7H,8H2,1-3H3. The highest BCUT2D eigenvalue weighted by Crippen LogP contribution is 2.40. The van der Waals surface area contributed by atoms with Crippen molar-refractivity contribution < 1.29 is 14.1 Å². The van der Waals surface area contributed by atoms with E-state index in [-0.39, 0.29) is 5.97 Å². The van der Waals surface area contributed by atoms with Crippen molar-refractivity contribution in [3.63, 3.8) is 0 Å². The number of hydrogen-bond acceptors (Lipinski definition) is 3. The molecule has 0 bridgehead atoms. The van der Waals surface area contributed by atoms with E-state index in [1.165, 1.54) is 6.92 Å². The van der Waals surface area contributed by atoms with Crippen molar-refractivity contribution in [3.05, 3.63) is 29.8 Å². The van der Waals surface area contributed by atoms with Crippen LogP contribution in [0, 0.1) is 0 Å². The Bertz CT molecular complexity index is 389. The molecule has 0 amide bonds. The molecule has 82 valence electrons. The van der Waals surface area contributed by atoms with Crippen LogP contribution in [0.2, 0.25) is 0 Å². The van der Waals surface area contributed by atoms with Gasteiger partial charge in [0.05, 0.1) is 7.14 Å². The van der Waals surface area contributed by atoms with E-state index in [1.54, 1.807) is 25.5 Å². The molecular weight excluding hydrogens is 211 g/mol. The number of esters is 1. The van der Waals surface area contributed by atoms with Crippen LogP contribution < -0.4 is 4.74 Å². The van der Waals surface area contributed by atoms with Gasteiger partial charge in [0.15, 0.2) is 0 Å². The molecule has 0 fully saturated rings. The van der Waals surface area contributed by atoms with Gasteiger partial charge in [-0.3, -0.25) is 4.79 Å². The second-order valence-electron chi connectivity index (χ2n) is 3.97. The zero-order chi connectivity index (χ0) is 11.5. The maximum Gasteiger partial charge on any atom is 0.308 e. The first-order chi connectivity index (χ1) is 6.87. The molecule has 1 aromatic rings. The topological polar surface area (TPSA) is 43.4 Å². The van der Waals surface area contributed by atoms with Crippen molar-refractivity contribution in [2.75, 3.05) is 13.3 Å². The number of carbonyl (C=O) groups is 1. The summed E-state index contributed by atoms with van der Waals surface area (Å²) in [5.41, 5.74) is 0.999. The van der Waals surface area contributed by atoms with Gasteiger partial charge < -0.3 is 9.30 Å². The van der Waals surface area contributed by atoms with Crippen molar-refractivity contribution in [1.29, 1.82) is 0 Å². The summed E-state index contributed by atoms with van der Waals surface area (Å²) in [7, 11) is -2.04. The monoisotopic (exact) mass is 226 g/mol. The Hall–Kier alpha value is -1.08. The average molecular weight is 226 g/mol. The Morgan fingerprint density at radius 2 is 1.80 bits per heavy atom. The molecule has 4 heteroatoms. The predicted octanol–water partition coefficient (Wildman–Crippen LogP) is 2.73. The van der Waals surface area contributed by atoms with Crippen molar-refractivity contribution in [2.24, 2.45) is 0 Å². The van der Waals surface area contributed by atoms with Crippen molar-refractivity contribution in [1.82, 2.24) is 0 Å². The van der Waals surface area contributed by atoms with Gasteiger partial charge in [-0.25, -0.2) is 0 Å². The highest BCUT2D eigenvalue weighted by atomic mass is 31.2. The van der Waals surface area contributed by atoms with E-state index in [0.717, 1.165) is 5.56 Å². The fourth-order valence-electron chi connectivity index (χ4n) is 1.27. The lowest BCUT2D eigenvalue weighted by Crippen LogP contribution is -2.01. The minimum atomic E-state index is -2.04. The van der Waals surface area contributed by atoms with Crippen LogP contribution in [0.15, 0.2) is 24.3 Å². The summed E-state index contributed by atoms with van der Waals surface area (Å²) in [6, 6.07) is 7.09. The van der Waals surface area contributed by atoms with Crippen molar-refractivity contribution >= 4 is 13.1 Å². The second kappa shape index (κ2) is 4.63. The minimum Gasteiger partial charge on any atom is -0.427 e. The predicted molar refractivity (Wildman–Crippen MR) is 60.9 cm³/mol. The molecule has 0 aliphatic heterocycles. The van der Waals surface area contributed by atoms with E-state index < -0.39 is 7.14 Å². The minimum absolute atomic E-state index is 0.334.